The summed E-state index contributed by atoms with van der Waals surface area (Å²) in [5, 5.41) is 0. The Morgan fingerprint density at radius 1 is 0.274 bits per heavy atom. The Balaban J connectivity index is 4.53. The molecule has 0 rings (SSSR count). The van der Waals surface area contributed by atoms with Gasteiger partial charge in [0.1, 0.15) is 13.2 Å². The van der Waals surface area contributed by atoms with Crippen molar-refractivity contribution < 1.29 is 28.6 Å². The van der Waals surface area contributed by atoms with Crippen LogP contribution in [0.25, 0.3) is 0 Å². The van der Waals surface area contributed by atoms with E-state index in [0.29, 0.717) is 19.3 Å². The number of allylic oxidation sites excluding steroid dienone is 18. The van der Waals surface area contributed by atoms with Gasteiger partial charge in [-0.15, -0.1) is 0 Å². The van der Waals surface area contributed by atoms with Crippen LogP contribution >= 0.6 is 0 Å². The molecule has 0 aromatic heterocycles. The number of esters is 3. The van der Waals surface area contributed by atoms with Crippen molar-refractivity contribution in [1.29, 1.82) is 0 Å². The van der Waals surface area contributed by atoms with Crippen molar-refractivity contribution in [2.75, 3.05) is 13.2 Å². The van der Waals surface area contributed by atoms with Crippen LogP contribution in [0, 0.1) is 0 Å². The third kappa shape index (κ3) is 58.8. The highest BCUT2D eigenvalue weighted by Crippen LogP contribution is 2.14. The van der Waals surface area contributed by atoms with Crippen LogP contribution in [-0.2, 0) is 28.6 Å². The van der Waals surface area contributed by atoms with Gasteiger partial charge in [0.25, 0.3) is 0 Å². The summed E-state index contributed by atoms with van der Waals surface area (Å²) in [7, 11) is 0. The van der Waals surface area contributed by atoms with Crippen molar-refractivity contribution in [2.45, 2.75) is 284 Å². The maximum Gasteiger partial charge on any atom is 0.306 e. The largest absolute Gasteiger partial charge is 0.462 e. The van der Waals surface area contributed by atoms with Gasteiger partial charge in [-0.05, 0) is 128 Å². The molecule has 0 aromatic rings. The van der Waals surface area contributed by atoms with E-state index in [9.17, 15) is 14.4 Å². The van der Waals surface area contributed by atoms with E-state index in [4.69, 9.17) is 14.2 Å². The monoisotopic (exact) mass is 1010 g/mol. The third-order valence-electron chi connectivity index (χ3n) is 12.7. The quantitative estimate of drug-likeness (QED) is 0.0261. The van der Waals surface area contributed by atoms with E-state index in [0.717, 1.165) is 89.9 Å². The Bertz CT molecular complexity index is 1490. The van der Waals surface area contributed by atoms with Crippen molar-refractivity contribution in [3.05, 3.63) is 109 Å². The first-order valence-corrected chi connectivity index (χ1v) is 30.4. The molecule has 0 radical (unpaired) electrons. The van der Waals surface area contributed by atoms with Gasteiger partial charge < -0.3 is 14.2 Å². The van der Waals surface area contributed by atoms with Crippen LogP contribution in [0.2, 0.25) is 0 Å². The van der Waals surface area contributed by atoms with E-state index in [-0.39, 0.29) is 37.5 Å². The summed E-state index contributed by atoms with van der Waals surface area (Å²) in [6, 6.07) is 0. The van der Waals surface area contributed by atoms with Crippen molar-refractivity contribution >= 4 is 17.9 Å². The molecule has 0 aliphatic heterocycles. The molecule has 1 atom stereocenters. The molecule has 0 aromatic carbocycles. The molecule has 73 heavy (non-hydrogen) atoms. The lowest BCUT2D eigenvalue weighted by molar-refractivity contribution is -0.167. The Labute approximate surface area is 450 Å². The molecule has 0 amide bonds. The van der Waals surface area contributed by atoms with Crippen LogP contribution in [0.4, 0.5) is 0 Å². The second-order valence-corrected chi connectivity index (χ2v) is 19.9. The standard InChI is InChI=1S/C67H112O6/c1-4-7-10-13-16-19-22-25-28-31-33-36-39-42-45-48-51-54-57-60-66(69)72-63-64(62-71-65(68)59-56-53-50-47-44-41-38-35-30-27-24-21-18-15-12-9-6-3)73-67(70)61-58-55-52-49-46-43-40-37-34-32-29-26-23-20-17-14-11-8-5-2/h16,18-19,21,25,27-28,30,32-34,36,38,41-42,45,47,50,64H,4-15,17,20,22-24,26,29,31,35,37,39-40,43-44,46,48-49,51-63H2,1-3H3/b19-16-,21-18-,28-25-,30-27-,34-32-,36-33-,41-38-,45-42-,50-47-/t64-/m1/s1. The summed E-state index contributed by atoms with van der Waals surface area (Å²) in [6.45, 7) is 6.52. The number of hydrogen-bond acceptors (Lipinski definition) is 6. The van der Waals surface area contributed by atoms with Crippen LogP contribution in [-0.4, -0.2) is 37.2 Å². The van der Waals surface area contributed by atoms with Crippen molar-refractivity contribution in [2.24, 2.45) is 0 Å². The fourth-order valence-electron chi connectivity index (χ4n) is 8.12. The molecule has 0 bridgehead atoms. The SMILES string of the molecule is CCCCC/C=C\C/C=C\C/C=C\C/C=C\CCCCCC(=O)OC[C@@H](COC(=O)CCC/C=C\C/C=C\C/C=C\C/C=C\CCCCC)OC(=O)CCCCCCCCC/C=C\CCCCCCCCCC. The highest BCUT2D eigenvalue weighted by Gasteiger charge is 2.19. The normalized spacial score (nSPS) is 12.9. The van der Waals surface area contributed by atoms with E-state index in [2.05, 4.69) is 130 Å². The van der Waals surface area contributed by atoms with Gasteiger partial charge in [0.2, 0.25) is 0 Å². The molecule has 0 aliphatic carbocycles. The number of unbranched alkanes of at least 4 members (excludes halogenated alkanes) is 25. The molecule has 0 heterocycles. The second kappa shape index (κ2) is 60.6. The summed E-state index contributed by atoms with van der Waals surface area (Å²) in [6.07, 6.45) is 82.3. The van der Waals surface area contributed by atoms with Gasteiger partial charge in [-0.1, -0.05) is 239 Å². The predicted octanol–water partition coefficient (Wildman–Crippen LogP) is 20.7. The molecule has 0 saturated carbocycles. The number of ether oxygens (including phenoxy) is 3. The molecule has 0 spiro atoms. The van der Waals surface area contributed by atoms with Gasteiger partial charge in [-0.25, -0.2) is 0 Å². The van der Waals surface area contributed by atoms with Crippen molar-refractivity contribution in [1.82, 2.24) is 0 Å². The van der Waals surface area contributed by atoms with Gasteiger partial charge in [0.15, 0.2) is 6.10 Å². The van der Waals surface area contributed by atoms with Crippen LogP contribution < -0.4 is 0 Å². The molecular formula is C67H112O6. The molecule has 0 fully saturated rings. The minimum Gasteiger partial charge on any atom is -0.462 e. The predicted molar refractivity (Wildman–Crippen MR) is 316 cm³/mol. The van der Waals surface area contributed by atoms with E-state index in [1.807, 2.05) is 0 Å². The zero-order chi connectivity index (χ0) is 52.9. The molecule has 0 saturated heterocycles. The van der Waals surface area contributed by atoms with Crippen LogP contribution in [0.3, 0.4) is 0 Å². The lowest BCUT2D eigenvalue weighted by Crippen LogP contribution is -2.30. The van der Waals surface area contributed by atoms with Crippen LogP contribution in [0.1, 0.15) is 278 Å². The molecule has 0 unspecified atom stereocenters. The average Bonchev–Trinajstić information content (AvgIpc) is 3.39. The maximum atomic E-state index is 12.9. The molecule has 0 N–H and O–H groups in total. The molecular weight excluding hydrogens is 901 g/mol. The molecule has 416 valence electrons. The molecule has 6 heteroatoms. The van der Waals surface area contributed by atoms with E-state index in [1.54, 1.807) is 0 Å². The Kier molecular flexibility index (Phi) is 57.4. The third-order valence-corrected chi connectivity index (χ3v) is 12.7. The maximum absolute atomic E-state index is 12.9. The zero-order valence-corrected chi connectivity index (χ0v) is 47.6. The number of rotatable bonds is 54. The fraction of sp³-hybridized carbons (Fsp3) is 0.687. The smallest absolute Gasteiger partial charge is 0.306 e. The van der Waals surface area contributed by atoms with Crippen LogP contribution in [0.5, 0.6) is 0 Å². The first kappa shape index (κ1) is 69.1. The lowest BCUT2D eigenvalue weighted by atomic mass is 10.1. The van der Waals surface area contributed by atoms with E-state index in [1.165, 1.54) is 141 Å². The van der Waals surface area contributed by atoms with Gasteiger partial charge in [-0.3, -0.25) is 14.4 Å². The van der Waals surface area contributed by atoms with E-state index < -0.39 is 6.10 Å². The summed E-state index contributed by atoms with van der Waals surface area (Å²) in [5.41, 5.74) is 0. The van der Waals surface area contributed by atoms with Gasteiger partial charge in [-0.2, -0.15) is 0 Å². The van der Waals surface area contributed by atoms with Gasteiger partial charge in [0.05, 0.1) is 0 Å². The second-order valence-electron chi connectivity index (χ2n) is 19.9. The number of hydrogen-bond donors (Lipinski definition) is 0. The van der Waals surface area contributed by atoms with Crippen LogP contribution in [0.15, 0.2) is 109 Å². The van der Waals surface area contributed by atoms with E-state index >= 15 is 0 Å². The first-order chi connectivity index (χ1) is 36.0. The minimum absolute atomic E-state index is 0.114. The van der Waals surface area contributed by atoms with Gasteiger partial charge in [0, 0.05) is 19.3 Å². The lowest BCUT2D eigenvalue weighted by Gasteiger charge is -2.18. The first-order valence-electron chi connectivity index (χ1n) is 30.4. The highest BCUT2D eigenvalue weighted by molar-refractivity contribution is 5.71. The Morgan fingerprint density at radius 3 is 0.877 bits per heavy atom. The molecule has 0 aliphatic rings. The average molecular weight is 1010 g/mol. The fourth-order valence-corrected chi connectivity index (χ4v) is 8.12. The Hall–Kier alpha value is -3.93. The number of carbonyl (C=O) groups is 3. The molecule has 6 nitrogen and oxygen atoms in total. The summed E-state index contributed by atoms with van der Waals surface area (Å²) >= 11 is 0. The summed E-state index contributed by atoms with van der Waals surface area (Å²) in [4.78, 5) is 38.2. The Morgan fingerprint density at radius 2 is 0.507 bits per heavy atom. The zero-order valence-electron chi connectivity index (χ0n) is 47.6. The minimum atomic E-state index is -0.819. The summed E-state index contributed by atoms with van der Waals surface area (Å²) < 4.78 is 16.8. The highest BCUT2D eigenvalue weighted by atomic mass is 16.6. The van der Waals surface area contributed by atoms with Gasteiger partial charge >= 0.3 is 17.9 Å². The number of carbonyl (C=O) groups excluding carboxylic acids is 3. The summed E-state index contributed by atoms with van der Waals surface area (Å²) in [5.74, 6) is -1.00. The van der Waals surface area contributed by atoms with Crippen molar-refractivity contribution in [3.63, 3.8) is 0 Å². The topological polar surface area (TPSA) is 78.9 Å². The van der Waals surface area contributed by atoms with Crippen molar-refractivity contribution in [3.8, 4) is 0 Å².